The van der Waals surface area contributed by atoms with Gasteiger partial charge in [-0.25, -0.2) is 0 Å². The molecule has 19 heavy (non-hydrogen) atoms. The van der Waals surface area contributed by atoms with Crippen LogP contribution in [0.1, 0.15) is 43.9 Å². The normalized spacial score (nSPS) is 17.8. The molecule has 0 spiro atoms. The second-order valence-electron chi connectivity index (χ2n) is 5.65. The molecule has 0 saturated heterocycles. The lowest BCUT2D eigenvalue weighted by Crippen LogP contribution is -2.09. The first-order chi connectivity index (χ1) is 9.16. The van der Waals surface area contributed by atoms with E-state index in [0.29, 0.717) is 19.1 Å². The van der Waals surface area contributed by atoms with Gasteiger partial charge in [0.15, 0.2) is 0 Å². The molecule has 106 valence electrons. The molecular formula is C16H25NO2. The average Bonchev–Trinajstić information content (AvgIpc) is 2.75. The Hall–Kier alpha value is -1.06. The highest BCUT2D eigenvalue weighted by atomic mass is 16.5. The lowest BCUT2D eigenvalue weighted by Gasteiger charge is -2.10. The first-order valence-electron chi connectivity index (χ1n) is 7.25. The van der Waals surface area contributed by atoms with Crippen molar-refractivity contribution >= 4 is 0 Å². The Bertz CT molecular complexity index is 404. The van der Waals surface area contributed by atoms with Crippen LogP contribution in [0.25, 0.3) is 0 Å². The highest BCUT2D eigenvalue weighted by molar-refractivity contribution is 5.40. The van der Waals surface area contributed by atoms with Gasteiger partial charge in [0.05, 0.1) is 6.61 Å². The fourth-order valence-electron chi connectivity index (χ4n) is 2.36. The van der Waals surface area contributed by atoms with Gasteiger partial charge < -0.3 is 15.2 Å². The van der Waals surface area contributed by atoms with Crippen molar-refractivity contribution in [2.75, 3.05) is 19.8 Å². The van der Waals surface area contributed by atoms with Crippen molar-refractivity contribution in [3.8, 4) is 5.75 Å². The van der Waals surface area contributed by atoms with Gasteiger partial charge in [0, 0.05) is 12.6 Å². The maximum absolute atomic E-state index is 6.01. The number of rotatable bonds is 7. The number of hydrogen-bond acceptors (Lipinski definition) is 3. The van der Waals surface area contributed by atoms with Gasteiger partial charge in [-0.2, -0.15) is 0 Å². The lowest BCUT2D eigenvalue weighted by atomic mass is 10.1. The molecule has 1 unspecified atom stereocenters. The third-order valence-corrected chi connectivity index (χ3v) is 3.57. The Morgan fingerprint density at radius 1 is 1.26 bits per heavy atom. The van der Waals surface area contributed by atoms with Crippen LogP contribution < -0.4 is 10.5 Å². The van der Waals surface area contributed by atoms with E-state index < -0.39 is 0 Å². The molecule has 3 heteroatoms. The van der Waals surface area contributed by atoms with Crippen LogP contribution in [0, 0.1) is 5.92 Å². The van der Waals surface area contributed by atoms with Crippen molar-refractivity contribution in [1.82, 2.24) is 0 Å². The number of ether oxygens (including phenoxy) is 2. The third-order valence-electron chi connectivity index (χ3n) is 3.57. The molecule has 0 aromatic heterocycles. The number of benzene rings is 1. The van der Waals surface area contributed by atoms with E-state index in [1.807, 2.05) is 6.07 Å². The SMILES string of the molecule is CC(C)CCOCCOc1ccc2c(c1)CCC2N. The molecule has 0 radical (unpaired) electrons. The largest absolute Gasteiger partial charge is 0.491 e. The molecule has 3 nitrogen and oxygen atoms in total. The Labute approximate surface area is 116 Å². The predicted octanol–water partition coefficient (Wildman–Crippen LogP) is 3.07. The van der Waals surface area contributed by atoms with E-state index in [1.54, 1.807) is 0 Å². The fraction of sp³-hybridized carbons (Fsp3) is 0.625. The van der Waals surface area contributed by atoms with Crippen LogP contribution in [0.15, 0.2) is 18.2 Å². The van der Waals surface area contributed by atoms with E-state index >= 15 is 0 Å². The summed E-state index contributed by atoms with van der Waals surface area (Å²) in [4.78, 5) is 0. The van der Waals surface area contributed by atoms with Gasteiger partial charge in [-0.15, -0.1) is 0 Å². The molecule has 1 aromatic rings. The van der Waals surface area contributed by atoms with Crippen molar-refractivity contribution in [2.45, 2.75) is 39.2 Å². The average molecular weight is 263 g/mol. The van der Waals surface area contributed by atoms with Gasteiger partial charge >= 0.3 is 0 Å². The van der Waals surface area contributed by atoms with Gasteiger partial charge in [0.25, 0.3) is 0 Å². The molecule has 0 aliphatic heterocycles. The summed E-state index contributed by atoms with van der Waals surface area (Å²) in [5.74, 6) is 1.63. The van der Waals surface area contributed by atoms with Gasteiger partial charge in [-0.1, -0.05) is 19.9 Å². The number of aryl methyl sites for hydroxylation is 1. The fourth-order valence-corrected chi connectivity index (χ4v) is 2.36. The Morgan fingerprint density at radius 3 is 2.89 bits per heavy atom. The zero-order valence-electron chi connectivity index (χ0n) is 12.0. The number of fused-ring (bicyclic) bond motifs is 1. The molecule has 1 aliphatic carbocycles. The molecule has 0 amide bonds. The minimum absolute atomic E-state index is 0.211. The molecular weight excluding hydrogens is 238 g/mol. The molecule has 2 N–H and O–H groups in total. The van der Waals surface area contributed by atoms with Crippen LogP contribution >= 0.6 is 0 Å². The predicted molar refractivity (Wildman–Crippen MR) is 77.5 cm³/mol. The van der Waals surface area contributed by atoms with E-state index in [-0.39, 0.29) is 6.04 Å². The molecule has 0 saturated carbocycles. The summed E-state index contributed by atoms with van der Waals surface area (Å²) in [5, 5.41) is 0. The molecule has 2 rings (SSSR count). The second kappa shape index (κ2) is 6.92. The quantitative estimate of drug-likeness (QED) is 0.769. The van der Waals surface area contributed by atoms with Crippen LogP contribution in [0.3, 0.4) is 0 Å². The van der Waals surface area contributed by atoms with Crippen molar-refractivity contribution < 1.29 is 9.47 Å². The lowest BCUT2D eigenvalue weighted by molar-refractivity contribution is 0.0925. The van der Waals surface area contributed by atoms with Crippen LogP contribution in [0.5, 0.6) is 5.75 Å². The molecule has 0 heterocycles. The summed E-state index contributed by atoms with van der Waals surface area (Å²) in [6, 6.07) is 6.44. The highest BCUT2D eigenvalue weighted by Gasteiger charge is 2.18. The van der Waals surface area contributed by atoms with E-state index in [9.17, 15) is 0 Å². The summed E-state index contributed by atoms with van der Waals surface area (Å²) in [5.41, 5.74) is 8.63. The van der Waals surface area contributed by atoms with Crippen molar-refractivity contribution in [3.05, 3.63) is 29.3 Å². The monoisotopic (exact) mass is 263 g/mol. The van der Waals surface area contributed by atoms with Crippen LogP contribution in [0.2, 0.25) is 0 Å². The zero-order chi connectivity index (χ0) is 13.7. The number of nitrogens with two attached hydrogens (primary N) is 1. The topological polar surface area (TPSA) is 44.5 Å². The van der Waals surface area contributed by atoms with Gasteiger partial charge in [-0.3, -0.25) is 0 Å². The molecule has 1 aliphatic rings. The zero-order valence-corrected chi connectivity index (χ0v) is 12.0. The van der Waals surface area contributed by atoms with Crippen molar-refractivity contribution in [2.24, 2.45) is 11.7 Å². The first kappa shape index (κ1) is 14.4. The van der Waals surface area contributed by atoms with Gasteiger partial charge in [-0.05, 0) is 48.4 Å². The Balaban J connectivity index is 1.69. The van der Waals surface area contributed by atoms with Gasteiger partial charge in [0.2, 0.25) is 0 Å². The first-order valence-corrected chi connectivity index (χ1v) is 7.25. The second-order valence-corrected chi connectivity index (χ2v) is 5.65. The maximum atomic E-state index is 6.01. The van der Waals surface area contributed by atoms with E-state index in [2.05, 4.69) is 26.0 Å². The standard InChI is InChI=1S/C16H25NO2/c1-12(2)7-8-18-9-10-19-14-4-5-15-13(11-14)3-6-16(15)17/h4-5,11-12,16H,3,6-10,17H2,1-2H3. The minimum atomic E-state index is 0.211. The minimum Gasteiger partial charge on any atom is -0.491 e. The van der Waals surface area contributed by atoms with E-state index in [0.717, 1.165) is 31.6 Å². The summed E-state index contributed by atoms with van der Waals surface area (Å²) >= 11 is 0. The van der Waals surface area contributed by atoms with E-state index in [1.165, 1.54) is 11.1 Å². The molecule has 0 bridgehead atoms. The molecule has 1 atom stereocenters. The summed E-state index contributed by atoms with van der Waals surface area (Å²) in [6.07, 6.45) is 3.23. The highest BCUT2D eigenvalue weighted by Crippen LogP contribution is 2.31. The Morgan fingerprint density at radius 2 is 2.11 bits per heavy atom. The summed E-state index contributed by atoms with van der Waals surface area (Å²) in [7, 11) is 0. The van der Waals surface area contributed by atoms with Crippen LogP contribution in [-0.4, -0.2) is 19.8 Å². The Kier molecular flexibility index (Phi) is 5.23. The number of hydrogen-bond donors (Lipinski definition) is 1. The molecule has 1 aromatic carbocycles. The van der Waals surface area contributed by atoms with Crippen molar-refractivity contribution in [1.29, 1.82) is 0 Å². The molecule has 0 fully saturated rings. The van der Waals surface area contributed by atoms with Gasteiger partial charge in [0.1, 0.15) is 12.4 Å². The third kappa shape index (κ3) is 4.22. The van der Waals surface area contributed by atoms with E-state index in [4.69, 9.17) is 15.2 Å². The smallest absolute Gasteiger partial charge is 0.119 e. The summed E-state index contributed by atoms with van der Waals surface area (Å²) in [6.45, 7) is 6.50. The van der Waals surface area contributed by atoms with Crippen LogP contribution in [0.4, 0.5) is 0 Å². The summed E-state index contributed by atoms with van der Waals surface area (Å²) < 4.78 is 11.2. The van der Waals surface area contributed by atoms with Crippen LogP contribution in [-0.2, 0) is 11.2 Å². The van der Waals surface area contributed by atoms with Crippen molar-refractivity contribution in [3.63, 3.8) is 0 Å². The maximum Gasteiger partial charge on any atom is 0.119 e.